The van der Waals surface area contributed by atoms with Crippen molar-refractivity contribution in [2.75, 3.05) is 13.7 Å². The molecule has 0 spiro atoms. The normalized spacial score (nSPS) is 15.8. The highest BCUT2D eigenvalue weighted by Gasteiger charge is 2.28. The standard InChI is InChI=1S/C23H27FN2O3/c1-16(2)12-23(27)26(14-17-8-4-6-10-20(17)24)15-18-13-21(25-29-18)19-9-5-7-11-22(19)28-3/h4-11,16,18H,12-15H2,1-3H3/t18-/m0/s1. The number of halogens is 1. The monoisotopic (exact) mass is 398 g/mol. The van der Waals surface area contributed by atoms with Crippen molar-refractivity contribution in [2.24, 2.45) is 11.1 Å². The van der Waals surface area contributed by atoms with E-state index in [-0.39, 0.29) is 30.3 Å². The Morgan fingerprint density at radius 2 is 1.97 bits per heavy atom. The molecule has 6 heteroatoms. The van der Waals surface area contributed by atoms with Gasteiger partial charge in [0.05, 0.1) is 19.4 Å². The SMILES string of the molecule is COc1ccccc1C1=NO[C@H](CN(Cc2ccccc2F)C(=O)CC(C)C)C1. The molecule has 1 atom stereocenters. The molecule has 0 aromatic heterocycles. The van der Waals surface area contributed by atoms with Gasteiger partial charge in [-0.25, -0.2) is 4.39 Å². The Balaban J connectivity index is 1.71. The molecule has 1 aliphatic rings. The van der Waals surface area contributed by atoms with Crippen LogP contribution in [-0.4, -0.2) is 36.3 Å². The van der Waals surface area contributed by atoms with E-state index in [4.69, 9.17) is 9.57 Å². The summed E-state index contributed by atoms with van der Waals surface area (Å²) in [6, 6.07) is 14.2. The average Bonchev–Trinajstić information content (AvgIpc) is 3.17. The summed E-state index contributed by atoms with van der Waals surface area (Å²) < 4.78 is 19.6. The summed E-state index contributed by atoms with van der Waals surface area (Å²) in [5.74, 6) is 0.621. The zero-order chi connectivity index (χ0) is 20.8. The molecule has 0 aliphatic carbocycles. The van der Waals surface area contributed by atoms with E-state index >= 15 is 0 Å². The molecule has 0 unspecified atom stereocenters. The number of methoxy groups -OCH3 is 1. The van der Waals surface area contributed by atoms with Crippen molar-refractivity contribution < 1.29 is 18.8 Å². The summed E-state index contributed by atoms with van der Waals surface area (Å²) in [6.07, 6.45) is 0.683. The van der Waals surface area contributed by atoms with E-state index in [1.807, 2.05) is 38.1 Å². The number of hydrogen-bond donors (Lipinski definition) is 0. The van der Waals surface area contributed by atoms with Crippen LogP contribution in [0.15, 0.2) is 53.7 Å². The van der Waals surface area contributed by atoms with Crippen molar-refractivity contribution in [1.29, 1.82) is 0 Å². The molecule has 0 bridgehead atoms. The molecule has 1 aliphatic heterocycles. The Labute approximate surface area is 171 Å². The zero-order valence-electron chi connectivity index (χ0n) is 17.1. The molecule has 5 nitrogen and oxygen atoms in total. The highest BCUT2D eigenvalue weighted by Crippen LogP contribution is 2.25. The molecule has 3 rings (SSSR count). The second-order valence-corrected chi connectivity index (χ2v) is 7.63. The molecule has 2 aromatic rings. The number of benzene rings is 2. The van der Waals surface area contributed by atoms with Crippen LogP contribution < -0.4 is 4.74 Å². The fraction of sp³-hybridized carbons (Fsp3) is 0.391. The maximum absolute atomic E-state index is 14.2. The van der Waals surface area contributed by atoms with Crippen molar-refractivity contribution in [3.05, 3.63) is 65.5 Å². The van der Waals surface area contributed by atoms with Gasteiger partial charge in [-0.05, 0) is 24.1 Å². The summed E-state index contributed by atoms with van der Waals surface area (Å²) in [4.78, 5) is 20.1. The lowest BCUT2D eigenvalue weighted by molar-refractivity contribution is -0.134. The number of rotatable bonds is 8. The molecular formula is C23H27FN2O3. The van der Waals surface area contributed by atoms with Gasteiger partial charge in [-0.3, -0.25) is 4.79 Å². The molecule has 0 saturated carbocycles. The second-order valence-electron chi connectivity index (χ2n) is 7.63. The Morgan fingerprint density at radius 1 is 1.24 bits per heavy atom. The summed E-state index contributed by atoms with van der Waals surface area (Å²) in [5, 5.41) is 4.22. The number of carbonyl (C=O) groups is 1. The smallest absolute Gasteiger partial charge is 0.223 e. The first-order chi connectivity index (χ1) is 14.0. The molecule has 0 radical (unpaired) electrons. The van der Waals surface area contributed by atoms with Crippen LogP contribution in [0, 0.1) is 11.7 Å². The third kappa shape index (κ3) is 5.34. The highest BCUT2D eigenvalue weighted by molar-refractivity contribution is 6.03. The first-order valence-corrected chi connectivity index (χ1v) is 9.85. The largest absolute Gasteiger partial charge is 0.496 e. The molecule has 0 fully saturated rings. The van der Waals surface area contributed by atoms with Crippen molar-refractivity contribution in [1.82, 2.24) is 4.90 Å². The highest BCUT2D eigenvalue weighted by atomic mass is 19.1. The number of oxime groups is 1. The van der Waals surface area contributed by atoms with E-state index in [9.17, 15) is 9.18 Å². The van der Waals surface area contributed by atoms with E-state index in [1.165, 1.54) is 6.07 Å². The van der Waals surface area contributed by atoms with Crippen LogP contribution >= 0.6 is 0 Å². The summed E-state index contributed by atoms with van der Waals surface area (Å²) in [7, 11) is 1.62. The Morgan fingerprint density at radius 3 is 2.69 bits per heavy atom. The predicted molar refractivity (Wildman–Crippen MR) is 110 cm³/mol. The lowest BCUT2D eigenvalue weighted by atomic mass is 10.0. The number of para-hydroxylation sites is 1. The van der Waals surface area contributed by atoms with Crippen LogP contribution in [-0.2, 0) is 16.2 Å². The van der Waals surface area contributed by atoms with E-state index in [2.05, 4.69) is 5.16 Å². The fourth-order valence-corrected chi connectivity index (χ4v) is 3.38. The number of carbonyl (C=O) groups excluding carboxylic acids is 1. The third-order valence-electron chi connectivity index (χ3n) is 4.83. The minimum Gasteiger partial charge on any atom is -0.496 e. The molecule has 1 heterocycles. The molecule has 2 aromatic carbocycles. The van der Waals surface area contributed by atoms with Gasteiger partial charge in [0.25, 0.3) is 0 Å². The number of ether oxygens (including phenoxy) is 1. The van der Waals surface area contributed by atoms with E-state index < -0.39 is 0 Å². The van der Waals surface area contributed by atoms with Gasteiger partial charge >= 0.3 is 0 Å². The topological polar surface area (TPSA) is 51.1 Å². The first kappa shape index (κ1) is 20.8. The van der Waals surface area contributed by atoms with Gasteiger partial charge < -0.3 is 14.5 Å². The van der Waals surface area contributed by atoms with Gasteiger partial charge in [0.15, 0.2) is 6.10 Å². The summed E-state index contributed by atoms with van der Waals surface area (Å²) in [6.45, 7) is 4.55. The van der Waals surface area contributed by atoms with Gasteiger partial charge in [0, 0.05) is 30.5 Å². The second kappa shape index (κ2) is 9.54. The van der Waals surface area contributed by atoms with Crippen LogP contribution in [0.5, 0.6) is 5.75 Å². The van der Waals surface area contributed by atoms with E-state index in [0.29, 0.717) is 24.9 Å². The maximum atomic E-state index is 14.2. The Kier molecular flexibility index (Phi) is 6.86. The van der Waals surface area contributed by atoms with Crippen LogP contribution in [0.25, 0.3) is 0 Å². The molecule has 154 valence electrons. The van der Waals surface area contributed by atoms with Crippen molar-refractivity contribution in [3.63, 3.8) is 0 Å². The minimum atomic E-state index is -0.312. The Hall–Kier alpha value is -2.89. The number of hydrogen-bond acceptors (Lipinski definition) is 4. The molecule has 0 saturated heterocycles. The molecule has 0 N–H and O–H groups in total. The van der Waals surface area contributed by atoms with Crippen LogP contribution in [0.2, 0.25) is 0 Å². The number of amides is 1. The fourth-order valence-electron chi connectivity index (χ4n) is 3.38. The maximum Gasteiger partial charge on any atom is 0.223 e. The van der Waals surface area contributed by atoms with Crippen LogP contribution in [0.4, 0.5) is 4.39 Å². The van der Waals surface area contributed by atoms with Gasteiger partial charge in [0.1, 0.15) is 11.6 Å². The summed E-state index contributed by atoms with van der Waals surface area (Å²) in [5.41, 5.74) is 2.16. The van der Waals surface area contributed by atoms with E-state index in [0.717, 1.165) is 17.0 Å². The molecule has 1 amide bonds. The predicted octanol–water partition coefficient (Wildman–Crippen LogP) is 4.40. The first-order valence-electron chi connectivity index (χ1n) is 9.85. The van der Waals surface area contributed by atoms with Crippen molar-refractivity contribution >= 4 is 11.6 Å². The van der Waals surface area contributed by atoms with Crippen LogP contribution in [0.3, 0.4) is 0 Å². The molecular weight excluding hydrogens is 371 g/mol. The van der Waals surface area contributed by atoms with Gasteiger partial charge in [-0.2, -0.15) is 0 Å². The Bertz CT molecular complexity index is 882. The van der Waals surface area contributed by atoms with Gasteiger partial charge in [-0.15, -0.1) is 0 Å². The quantitative estimate of drug-likeness (QED) is 0.662. The lowest BCUT2D eigenvalue weighted by Gasteiger charge is -2.26. The van der Waals surface area contributed by atoms with Crippen molar-refractivity contribution in [2.45, 2.75) is 39.3 Å². The minimum absolute atomic E-state index is 0.0161. The number of nitrogens with zero attached hydrogens (tertiary/aromatic N) is 2. The van der Waals surface area contributed by atoms with Crippen LogP contribution in [0.1, 0.15) is 37.8 Å². The lowest BCUT2D eigenvalue weighted by Crippen LogP contribution is -2.38. The zero-order valence-corrected chi connectivity index (χ0v) is 17.1. The van der Waals surface area contributed by atoms with Crippen molar-refractivity contribution in [3.8, 4) is 5.75 Å². The van der Waals surface area contributed by atoms with Gasteiger partial charge in [0.2, 0.25) is 5.91 Å². The van der Waals surface area contributed by atoms with E-state index in [1.54, 1.807) is 30.2 Å². The third-order valence-corrected chi connectivity index (χ3v) is 4.83. The van der Waals surface area contributed by atoms with Gasteiger partial charge in [-0.1, -0.05) is 49.3 Å². The average molecular weight is 398 g/mol. The molecule has 29 heavy (non-hydrogen) atoms. The summed E-state index contributed by atoms with van der Waals surface area (Å²) >= 11 is 0.